The van der Waals surface area contributed by atoms with Crippen molar-refractivity contribution in [2.45, 2.75) is 83.3 Å². The number of phenolic OH excluding ortho intramolecular Hbond substituents is 2. The van der Waals surface area contributed by atoms with Crippen molar-refractivity contribution < 1.29 is 34.5 Å². The Labute approximate surface area is 189 Å². The third-order valence-corrected chi connectivity index (χ3v) is 5.42. The number of carboxylic acid groups (broad SMARTS) is 1. The number of aliphatic carboxylic acids is 1. The number of rotatable bonds is 8. The molecular formula is C24H35NO7. The first-order chi connectivity index (χ1) is 15.4. The molecule has 2 atom stereocenters. The van der Waals surface area contributed by atoms with Crippen LogP contribution in [0, 0.1) is 0 Å². The molecule has 4 N–H and O–H groups in total. The van der Waals surface area contributed by atoms with Crippen molar-refractivity contribution in [3.05, 3.63) is 29.3 Å². The predicted molar refractivity (Wildman–Crippen MR) is 120 cm³/mol. The fourth-order valence-electron chi connectivity index (χ4n) is 3.70. The number of carboxylic acids is 1. The second-order valence-corrected chi connectivity index (χ2v) is 8.28. The molecule has 0 spiro atoms. The number of phenols is 2. The summed E-state index contributed by atoms with van der Waals surface area (Å²) in [5, 5.41) is 28.6. The molecule has 0 saturated heterocycles. The molecule has 8 heteroatoms. The van der Waals surface area contributed by atoms with Crippen LogP contribution < -0.4 is 5.48 Å². The summed E-state index contributed by atoms with van der Waals surface area (Å²) in [7, 11) is 0. The number of carbonyl (C=O) groups is 2. The van der Waals surface area contributed by atoms with Crippen molar-refractivity contribution in [2.75, 3.05) is 6.61 Å². The van der Waals surface area contributed by atoms with Crippen LogP contribution in [-0.2, 0) is 14.4 Å². The number of carbonyl (C=O) groups excluding carboxylic acids is 1. The fourth-order valence-corrected chi connectivity index (χ4v) is 3.70. The Morgan fingerprint density at radius 1 is 1.16 bits per heavy atom. The monoisotopic (exact) mass is 449 g/mol. The SMILES string of the molecule is C[C@H]1CCCC(NOCCCCCC(=O)O)CCC/C=C/c2cc(O)cc(O)c2C(=O)O1. The van der Waals surface area contributed by atoms with Gasteiger partial charge in [0.25, 0.3) is 0 Å². The molecule has 0 aliphatic carbocycles. The smallest absolute Gasteiger partial charge is 0.342 e. The molecule has 1 aliphatic heterocycles. The number of fused-ring (bicyclic) bond motifs is 1. The summed E-state index contributed by atoms with van der Waals surface area (Å²) in [4.78, 5) is 28.7. The molecule has 2 rings (SSSR count). The van der Waals surface area contributed by atoms with Crippen LogP contribution in [0.2, 0.25) is 0 Å². The Bertz CT molecular complexity index is 778. The van der Waals surface area contributed by atoms with E-state index >= 15 is 0 Å². The Hall–Kier alpha value is -2.58. The normalized spacial score (nSPS) is 21.2. The minimum atomic E-state index is -0.769. The average molecular weight is 450 g/mol. The molecule has 1 aromatic rings. The highest BCUT2D eigenvalue weighted by molar-refractivity contribution is 5.97. The number of aromatic hydroxyl groups is 2. The summed E-state index contributed by atoms with van der Waals surface area (Å²) in [6.07, 6.45) is 10.8. The van der Waals surface area contributed by atoms with E-state index in [0.717, 1.165) is 51.0 Å². The number of benzene rings is 1. The highest BCUT2D eigenvalue weighted by Gasteiger charge is 2.21. The number of unbranched alkanes of at least 4 members (excludes halogenated alkanes) is 2. The molecule has 178 valence electrons. The maximum Gasteiger partial charge on any atom is 0.342 e. The van der Waals surface area contributed by atoms with Crippen LogP contribution in [0.15, 0.2) is 18.2 Å². The lowest BCUT2D eigenvalue weighted by Crippen LogP contribution is -2.30. The number of allylic oxidation sites excluding steroid dienone is 1. The summed E-state index contributed by atoms with van der Waals surface area (Å²) in [6, 6.07) is 2.76. The van der Waals surface area contributed by atoms with E-state index in [-0.39, 0.29) is 35.6 Å². The van der Waals surface area contributed by atoms with E-state index in [0.29, 0.717) is 25.0 Å². The van der Waals surface area contributed by atoms with Gasteiger partial charge in [-0.05, 0) is 69.9 Å². The zero-order valence-corrected chi connectivity index (χ0v) is 18.7. The Morgan fingerprint density at radius 3 is 2.72 bits per heavy atom. The quantitative estimate of drug-likeness (QED) is 0.259. The minimum absolute atomic E-state index is 0.0688. The van der Waals surface area contributed by atoms with E-state index in [2.05, 4.69) is 5.48 Å². The molecule has 32 heavy (non-hydrogen) atoms. The molecule has 8 nitrogen and oxygen atoms in total. The number of nitrogens with one attached hydrogen (secondary N) is 1. The van der Waals surface area contributed by atoms with E-state index in [1.165, 1.54) is 6.07 Å². The lowest BCUT2D eigenvalue weighted by molar-refractivity contribution is -0.137. The Morgan fingerprint density at radius 2 is 1.94 bits per heavy atom. The predicted octanol–water partition coefficient (Wildman–Crippen LogP) is 4.55. The summed E-state index contributed by atoms with van der Waals surface area (Å²) in [6.45, 7) is 2.36. The third kappa shape index (κ3) is 9.28. The van der Waals surface area contributed by atoms with Gasteiger partial charge in [-0.2, -0.15) is 5.48 Å². The second kappa shape index (κ2) is 13.8. The van der Waals surface area contributed by atoms with Crippen molar-refractivity contribution in [3.63, 3.8) is 0 Å². The lowest BCUT2D eigenvalue weighted by Gasteiger charge is -2.20. The third-order valence-electron chi connectivity index (χ3n) is 5.42. The highest BCUT2D eigenvalue weighted by Crippen LogP contribution is 2.30. The molecule has 1 heterocycles. The van der Waals surface area contributed by atoms with Gasteiger partial charge in [0.1, 0.15) is 17.1 Å². The molecule has 0 bridgehead atoms. The molecular weight excluding hydrogens is 414 g/mol. The summed E-state index contributed by atoms with van der Waals surface area (Å²) in [5.74, 6) is -1.78. The lowest BCUT2D eigenvalue weighted by atomic mass is 10.0. The standard InChI is InChI=1S/C24H35NO7/c1-17-9-8-12-19(25-31-14-7-3-6-13-22(28)29)11-5-2-4-10-18-15-20(26)16-21(27)23(18)24(30)32-17/h4,10,15-17,19,25-27H,2-3,5-9,11-14H2,1H3,(H,28,29)/b10-4+/t17-,19?/m0/s1. The van der Waals surface area contributed by atoms with Crippen molar-refractivity contribution in [1.29, 1.82) is 0 Å². The molecule has 0 fully saturated rings. The first-order valence-electron chi connectivity index (χ1n) is 11.4. The van der Waals surface area contributed by atoms with Crippen molar-refractivity contribution in [2.24, 2.45) is 0 Å². The highest BCUT2D eigenvalue weighted by atomic mass is 16.6. The van der Waals surface area contributed by atoms with E-state index in [9.17, 15) is 19.8 Å². The average Bonchev–Trinajstić information content (AvgIpc) is 2.70. The molecule has 1 aliphatic rings. The number of esters is 1. The molecule has 1 aromatic carbocycles. The van der Waals surface area contributed by atoms with E-state index in [1.54, 1.807) is 6.08 Å². The fraction of sp³-hybridized carbons (Fsp3) is 0.583. The van der Waals surface area contributed by atoms with Crippen LogP contribution in [0.1, 0.15) is 87.1 Å². The molecule has 0 aromatic heterocycles. The molecule has 0 radical (unpaired) electrons. The van der Waals surface area contributed by atoms with Gasteiger partial charge in [-0.15, -0.1) is 0 Å². The van der Waals surface area contributed by atoms with Gasteiger partial charge in [0.05, 0.1) is 12.7 Å². The number of cyclic esters (lactones) is 1. The van der Waals surface area contributed by atoms with Crippen LogP contribution in [0.3, 0.4) is 0 Å². The number of ether oxygens (including phenoxy) is 1. The molecule has 1 unspecified atom stereocenters. The van der Waals surface area contributed by atoms with Gasteiger partial charge < -0.3 is 24.9 Å². The van der Waals surface area contributed by atoms with Crippen LogP contribution >= 0.6 is 0 Å². The van der Waals surface area contributed by atoms with Gasteiger partial charge in [0.2, 0.25) is 0 Å². The summed E-state index contributed by atoms with van der Waals surface area (Å²) in [5.41, 5.74) is 3.64. The van der Waals surface area contributed by atoms with Crippen LogP contribution in [0.5, 0.6) is 11.5 Å². The topological polar surface area (TPSA) is 125 Å². The Balaban J connectivity index is 1.92. The number of hydroxylamine groups is 1. The van der Waals surface area contributed by atoms with Gasteiger partial charge in [-0.3, -0.25) is 4.79 Å². The van der Waals surface area contributed by atoms with Gasteiger partial charge in [0, 0.05) is 18.5 Å². The van der Waals surface area contributed by atoms with Crippen LogP contribution in [0.4, 0.5) is 0 Å². The minimum Gasteiger partial charge on any atom is -0.508 e. The van der Waals surface area contributed by atoms with Gasteiger partial charge in [-0.1, -0.05) is 18.6 Å². The van der Waals surface area contributed by atoms with Crippen molar-refractivity contribution in [1.82, 2.24) is 5.48 Å². The molecule has 0 saturated carbocycles. The second-order valence-electron chi connectivity index (χ2n) is 8.28. The maximum absolute atomic E-state index is 12.6. The zero-order valence-electron chi connectivity index (χ0n) is 18.7. The van der Waals surface area contributed by atoms with E-state index < -0.39 is 11.9 Å². The summed E-state index contributed by atoms with van der Waals surface area (Å²) >= 11 is 0. The first-order valence-corrected chi connectivity index (χ1v) is 11.4. The molecule has 0 amide bonds. The van der Waals surface area contributed by atoms with E-state index in [4.69, 9.17) is 14.7 Å². The van der Waals surface area contributed by atoms with E-state index in [1.807, 2.05) is 13.0 Å². The van der Waals surface area contributed by atoms with Gasteiger partial charge >= 0.3 is 11.9 Å². The largest absolute Gasteiger partial charge is 0.508 e. The van der Waals surface area contributed by atoms with Crippen LogP contribution in [-0.4, -0.2) is 46.0 Å². The zero-order chi connectivity index (χ0) is 23.3. The van der Waals surface area contributed by atoms with Crippen molar-refractivity contribution in [3.8, 4) is 11.5 Å². The first kappa shape index (κ1) is 25.7. The van der Waals surface area contributed by atoms with Crippen LogP contribution in [0.25, 0.3) is 6.08 Å². The van der Waals surface area contributed by atoms with Gasteiger partial charge in [-0.25, -0.2) is 4.79 Å². The van der Waals surface area contributed by atoms with Crippen molar-refractivity contribution >= 4 is 18.0 Å². The number of hydrogen-bond donors (Lipinski definition) is 4. The summed E-state index contributed by atoms with van der Waals surface area (Å²) < 4.78 is 5.52. The maximum atomic E-state index is 12.6. The number of hydrogen-bond acceptors (Lipinski definition) is 7. The Kier molecular flexibility index (Phi) is 11.0. The van der Waals surface area contributed by atoms with Gasteiger partial charge in [0.15, 0.2) is 0 Å².